The summed E-state index contributed by atoms with van der Waals surface area (Å²) in [5, 5.41) is 0. The van der Waals surface area contributed by atoms with Crippen molar-refractivity contribution in [2.45, 2.75) is 0 Å². The number of primary amides is 2. The van der Waals surface area contributed by atoms with Crippen molar-refractivity contribution in [1.82, 2.24) is 11.0 Å². The summed E-state index contributed by atoms with van der Waals surface area (Å²) in [6, 6.07) is -2.75. The molecular formula is C2H8N4O9P2. The number of amides is 4. The molecule has 100 valence electrons. The average molecular weight is 294 g/mol. The minimum atomic E-state index is -5.30. The van der Waals surface area contributed by atoms with Crippen LogP contribution in [0.2, 0.25) is 0 Å². The summed E-state index contributed by atoms with van der Waals surface area (Å²) in [7, 11) is -10.3. The lowest BCUT2D eigenvalue weighted by atomic mass is 11.2. The zero-order chi connectivity index (χ0) is 13.7. The molecular weight excluding hydrogens is 286 g/mol. The number of phosphoric acid groups is 2. The molecule has 0 aliphatic heterocycles. The average Bonchev–Trinajstić information content (AvgIpc) is 2.09. The number of hydrogen-bond donors (Lipinski definition) is 6. The molecule has 0 spiro atoms. The van der Waals surface area contributed by atoms with E-state index in [0.717, 1.165) is 0 Å². The van der Waals surface area contributed by atoms with E-state index in [1.54, 1.807) is 0 Å². The molecule has 0 aromatic heterocycles. The van der Waals surface area contributed by atoms with Crippen LogP contribution in [0.5, 0.6) is 0 Å². The fourth-order valence-corrected chi connectivity index (χ4v) is 2.13. The predicted octanol–water partition coefficient (Wildman–Crippen LogP) is -1.60. The number of rotatable bonds is 6. The predicted molar refractivity (Wildman–Crippen MR) is 48.3 cm³/mol. The zero-order valence-corrected chi connectivity index (χ0v) is 9.59. The maximum atomic E-state index is 11.3. The van der Waals surface area contributed by atoms with Gasteiger partial charge in [-0.1, -0.05) is 0 Å². The van der Waals surface area contributed by atoms with Gasteiger partial charge in [0.25, 0.3) is 0 Å². The Kier molecular flexibility index (Phi) is 5.51. The van der Waals surface area contributed by atoms with Gasteiger partial charge in [0.15, 0.2) is 0 Å². The molecule has 0 aromatic rings. The molecule has 17 heavy (non-hydrogen) atoms. The standard InChI is InChI=1S/C2H8N4O9P2/c3-1(7)5-13-17(12,14-6-2(4)8)15-16(9,10)11/h(H3,3,5,7)(H3,4,6,8)(H2,9,10,11). The molecule has 8 N–H and O–H groups in total. The highest BCUT2D eigenvalue weighted by molar-refractivity contribution is 7.61. The van der Waals surface area contributed by atoms with E-state index >= 15 is 0 Å². The monoisotopic (exact) mass is 294 g/mol. The second kappa shape index (κ2) is 5.93. The van der Waals surface area contributed by atoms with Crippen molar-refractivity contribution in [2.75, 3.05) is 0 Å². The Balaban J connectivity index is 4.68. The molecule has 15 heteroatoms. The van der Waals surface area contributed by atoms with Gasteiger partial charge in [-0.3, -0.25) is 0 Å². The van der Waals surface area contributed by atoms with Crippen molar-refractivity contribution < 1.29 is 42.1 Å². The second-order valence-electron chi connectivity index (χ2n) is 2.13. The summed E-state index contributed by atoms with van der Waals surface area (Å²) in [6.45, 7) is 0. The fraction of sp³-hybridized carbons (Fsp3) is 0. The Bertz CT molecular complexity index is 366. The lowest BCUT2D eigenvalue weighted by Gasteiger charge is -2.16. The number of nitrogens with two attached hydrogens (primary N) is 2. The Morgan fingerprint density at radius 1 is 1.00 bits per heavy atom. The van der Waals surface area contributed by atoms with Gasteiger partial charge in [-0.2, -0.15) is 13.6 Å². The third-order valence-corrected chi connectivity index (χ3v) is 3.00. The van der Waals surface area contributed by atoms with Gasteiger partial charge < -0.3 is 21.3 Å². The number of urea groups is 2. The van der Waals surface area contributed by atoms with E-state index in [1.165, 1.54) is 11.0 Å². The number of carbonyl (C=O) groups is 2. The Morgan fingerprint density at radius 2 is 1.35 bits per heavy atom. The van der Waals surface area contributed by atoms with Crippen LogP contribution in [0.3, 0.4) is 0 Å². The minimum Gasteiger partial charge on any atom is -0.350 e. The van der Waals surface area contributed by atoms with Crippen LogP contribution in [0.15, 0.2) is 0 Å². The van der Waals surface area contributed by atoms with Crippen LogP contribution in [-0.4, -0.2) is 21.8 Å². The third-order valence-electron chi connectivity index (χ3n) is 0.722. The maximum Gasteiger partial charge on any atom is 0.526 e. The zero-order valence-electron chi connectivity index (χ0n) is 7.80. The summed E-state index contributed by atoms with van der Waals surface area (Å²) in [5.74, 6) is 0. The number of hydrogen-bond acceptors (Lipinski definition) is 7. The highest BCUT2D eigenvalue weighted by Gasteiger charge is 2.38. The van der Waals surface area contributed by atoms with Crippen LogP contribution < -0.4 is 22.4 Å². The number of carbonyl (C=O) groups excluding carboxylic acids is 2. The van der Waals surface area contributed by atoms with Gasteiger partial charge in [-0.25, -0.2) is 29.7 Å². The van der Waals surface area contributed by atoms with E-state index in [0.29, 0.717) is 0 Å². The van der Waals surface area contributed by atoms with Crippen LogP contribution in [-0.2, 0) is 22.7 Å². The van der Waals surface area contributed by atoms with Crippen LogP contribution in [0, 0.1) is 0 Å². The molecule has 0 aliphatic carbocycles. The van der Waals surface area contributed by atoms with Gasteiger partial charge >= 0.3 is 27.7 Å². The molecule has 4 amide bonds. The van der Waals surface area contributed by atoms with E-state index in [-0.39, 0.29) is 0 Å². The van der Waals surface area contributed by atoms with E-state index < -0.39 is 27.7 Å². The Hall–Kier alpha value is -1.20. The van der Waals surface area contributed by atoms with E-state index in [2.05, 4.69) is 25.0 Å². The lowest BCUT2D eigenvalue weighted by molar-refractivity contribution is 0.0790. The molecule has 0 rings (SSSR count). The van der Waals surface area contributed by atoms with Crippen molar-refractivity contribution in [3.8, 4) is 0 Å². The largest absolute Gasteiger partial charge is 0.526 e. The molecule has 0 saturated heterocycles. The number of nitrogens with one attached hydrogen (secondary N) is 2. The first-order valence-corrected chi connectivity index (χ1v) is 6.38. The number of hydroxylamine groups is 2. The Morgan fingerprint density at radius 3 is 1.59 bits per heavy atom. The van der Waals surface area contributed by atoms with Crippen LogP contribution in [0.25, 0.3) is 0 Å². The highest BCUT2D eigenvalue weighted by atomic mass is 31.3. The molecule has 0 aromatic carbocycles. The van der Waals surface area contributed by atoms with Crippen molar-refractivity contribution in [2.24, 2.45) is 11.5 Å². The third kappa shape index (κ3) is 8.59. The van der Waals surface area contributed by atoms with Crippen molar-refractivity contribution in [3.05, 3.63) is 0 Å². The van der Waals surface area contributed by atoms with Gasteiger partial charge in [0.1, 0.15) is 0 Å². The van der Waals surface area contributed by atoms with Gasteiger partial charge in [0, 0.05) is 0 Å². The SMILES string of the molecule is NC(=O)NOP(=O)(ONC(N)=O)OP(=O)(O)O. The minimum absolute atomic E-state index is 1.22. The summed E-state index contributed by atoms with van der Waals surface area (Å²) in [6.07, 6.45) is 0. The van der Waals surface area contributed by atoms with E-state index in [4.69, 9.17) is 9.79 Å². The second-order valence-corrected chi connectivity index (χ2v) is 5.03. The van der Waals surface area contributed by atoms with Crippen molar-refractivity contribution in [1.29, 1.82) is 0 Å². The molecule has 0 heterocycles. The molecule has 0 atom stereocenters. The molecule has 0 bridgehead atoms. The normalized spacial score (nSPS) is 11.9. The van der Waals surface area contributed by atoms with Crippen LogP contribution >= 0.6 is 15.6 Å². The van der Waals surface area contributed by atoms with Gasteiger partial charge in [-0.05, 0) is 0 Å². The van der Waals surface area contributed by atoms with E-state index in [9.17, 15) is 18.7 Å². The van der Waals surface area contributed by atoms with E-state index in [1.807, 2.05) is 0 Å². The van der Waals surface area contributed by atoms with Gasteiger partial charge in [0.05, 0.1) is 0 Å². The molecule has 0 saturated carbocycles. The summed E-state index contributed by atoms with van der Waals surface area (Å²) in [5.41, 5.74) is 11.5. The smallest absolute Gasteiger partial charge is 0.350 e. The summed E-state index contributed by atoms with van der Waals surface area (Å²) in [4.78, 5) is 37.1. The quantitative estimate of drug-likeness (QED) is 0.245. The molecule has 0 unspecified atom stereocenters. The summed E-state index contributed by atoms with van der Waals surface area (Å²) >= 11 is 0. The highest BCUT2D eigenvalue weighted by Crippen LogP contribution is 2.59. The molecule has 0 radical (unpaired) electrons. The fourth-order valence-electron chi connectivity index (χ4n) is 0.384. The molecule has 13 nitrogen and oxygen atoms in total. The van der Waals surface area contributed by atoms with Gasteiger partial charge in [0.2, 0.25) is 0 Å². The molecule has 0 fully saturated rings. The first kappa shape index (κ1) is 15.8. The Labute approximate surface area is 93.1 Å². The topological polar surface area (TPSA) is 213 Å². The van der Waals surface area contributed by atoms with Gasteiger partial charge in [-0.15, -0.1) is 0 Å². The first-order valence-electron chi connectivity index (χ1n) is 3.39. The van der Waals surface area contributed by atoms with Crippen LogP contribution in [0.1, 0.15) is 0 Å². The van der Waals surface area contributed by atoms with Crippen molar-refractivity contribution in [3.63, 3.8) is 0 Å². The molecule has 0 aliphatic rings. The van der Waals surface area contributed by atoms with Crippen molar-refractivity contribution >= 4 is 27.7 Å². The maximum absolute atomic E-state index is 11.3. The lowest BCUT2D eigenvalue weighted by Crippen LogP contribution is -2.32. The van der Waals surface area contributed by atoms with Crippen LogP contribution in [0.4, 0.5) is 9.59 Å². The first-order chi connectivity index (χ1) is 7.54. The summed E-state index contributed by atoms with van der Waals surface area (Å²) < 4.78 is 33.0.